The van der Waals surface area contributed by atoms with E-state index in [1.54, 1.807) is 0 Å². The molecule has 0 atom stereocenters. The first-order valence-electron chi connectivity index (χ1n) is 14.0. The van der Waals surface area contributed by atoms with Gasteiger partial charge >= 0.3 is 0 Å². The van der Waals surface area contributed by atoms with E-state index < -0.39 is 5.41 Å². The summed E-state index contributed by atoms with van der Waals surface area (Å²) in [7, 11) is 0. The molecule has 0 fully saturated rings. The Morgan fingerprint density at radius 2 is 0.900 bits per heavy atom. The summed E-state index contributed by atoms with van der Waals surface area (Å²) >= 11 is 0. The van der Waals surface area contributed by atoms with Crippen molar-refractivity contribution in [3.05, 3.63) is 179 Å². The molecule has 0 amide bonds. The minimum atomic E-state index is -0.398. The molecule has 0 radical (unpaired) electrons. The average Bonchev–Trinajstić information content (AvgIpc) is 3.33. The molecule has 1 aliphatic rings. The molecule has 0 saturated carbocycles. The summed E-state index contributed by atoms with van der Waals surface area (Å²) in [6, 6.07) is 56.0. The van der Waals surface area contributed by atoms with Gasteiger partial charge in [-0.2, -0.15) is 0 Å². The fraction of sp³-hybridized carbons (Fsp3) is 0.0500. The van der Waals surface area contributed by atoms with Gasteiger partial charge in [0.1, 0.15) is 0 Å². The molecule has 40 heavy (non-hydrogen) atoms. The summed E-state index contributed by atoms with van der Waals surface area (Å²) in [6.45, 7) is 2.29. The van der Waals surface area contributed by atoms with Gasteiger partial charge in [-0.1, -0.05) is 146 Å². The van der Waals surface area contributed by atoms with Crippen molar-refractivity contribution < 1.29 is 0 Å². The molecule has 7 aromatic rings. The predicted octanol–water partition coefficient (Wildman–Crippen LogP) is 10.3. The molecule has 0 heteroatoms. The number of fused-ring (bicyclic) bond motifs is 6. The first kappa shape index (κ1) is 23.0. The molecule has 0 unspecified atom stereocenters. The number of rotatable bonds is 3. The van der Waals surface area contributed by atoms with Crippen LogP contribution in [0, 0.1) is 6.92 Å². The van der Waals surface area contributed by atoms with Crippen LogP contribution in [-0.2, 0) is 5.41 Å². The predicted molar refractivity (Wildman–Crippen MR) is 169 cm³/mol. The van der Waals surface area contributed by atoms with E-state index in [0.29, 0.717) is 0 Å². The quantitative estimate of drug-likeness (QED) is 0.208. The van der Waals surface area contributed by atoms with Crippen LogP contribution in [0.3, 0.4) is 0 Å². The van der Waals surface area contributed by atoms with E-state index in [2.05, 4.69) is 159 Å². The molecular weight excluding hydrogens is 480 g/mol. The zero-order valence-electron chi connectivity index (χ0n) is 22.4. The van der Waals surface area contributed by atoms with Gasteiger partial charge in [0, 0.05) is 0 Å². The van der Waals surface area contributed by atoms with E-state index in [1.807, 2.05) is 0 Å². The number of hydrogen-bond donors (Lipinski definition) is 0. The van der Waals surface area contributed by atoms with Crippen molar-refractivity contribution in [2.75, 3.05) is 0 Å². The van der Waals surface area contributed by atoms with Crippen molar-refractivity contribution in [1.82, 2.24) is 0 Å². The summed E-state index contributed by atoms with van der Waals surface area (Å²) in [4.78, 5) is 0. The topological polar surface area (TPSA) is 0 Å². The van der Waals surface area contributed by atoms with E-state index in [4.69, 9.17) is 0 Å². The summed E-state index contributed by atoms with van der Waals surface area (Å²) in [5.41, 5.74) is 11.4. The van der Waals surface area contributed by atoms with Crippen molar-refractivity contribution in [1.29, 1.82) is 0 Å². The van der Waals surface area contributed by atoms with E-state index >= 15 is 0 Å². The SMILES string of the molecule is Cc1c(-c2ccc3c(c2)C(c2ccccc2)(c2ccccc2)c2ccccc2-3)c2ccccc2c2ccccc12. The fourth-order valence-corrected chi connectivity index (χ4v) is 7.29. The Morgan fingerprint density at radius 3 is 1.57 bits per heavy atom. The number of hydrogen-bond acceptors (Lipinski definition) is 0. The summed E-state index contributed by atoms with van der Waals surface area (Å²) in [5, 5.41) is 5.24. The van der Waals surface area contributed by atoms with E-state index in [1.165, 1.54) is 71.6 Å². The highest BCUT2D eigenvalue weighted by molar-refractivity contribution is 6.16. The second kappa shape index (κ2) is 8.79. The monoisotopic (exact) mass is 508 g/mol. The van der Waals surface area contributed by atoms with Gasteiger partial charge < -0.3 is 0 Å². The smallest absolute Gasteiger partial charge is 0.0622 e. The lowest BCUT2D eigenvalue weighted by molar-refractivity contribution is 0.769. The molecule has 8 rings (SSSR count). The van der Waals surface area contributed by atoms with E-state index in [0.717, 1.165) is 0 Å². The molecule has 0 aliphatic heterocycles. The second-order valence-electron chi connectivity index (χ2n) is 10.9. The normalized spacial score (nSPS) is 13.3. The third kappa shape index (κ3) is 3.08. The van der Waals surface area contributed by atoms with Gasteiger partial charge in [0.15, 0.2) is 0 Å². The van der Waals surface area contributed by atoms with Crippen LogP contribution in [0.15, 0.2) is 152 Å². The molecule has 0 aromatic heterocycles. The van der Waals surface area contributed by atoms with Gasteiger partial charge in [-0.15, -0.1) is 0 Å². The standard InChI is InChI=1S/C40H28/c1-27-31-18-8-9-19-32(31)33-20-10-11-22-36(33)39(27)28-24-25-35-34-21-12-13-23-37(34)40(38(35)26-28,29-14-4-2-5-15-29)30-16-6-3-7-17-30/h2-26H,1H3. The summed E-state index contributed by atoms with van der Waals surface area (Å²) in [6.07, 6.45) is 0. The minimum absolute atomic E-state index is 0.398. The lowest BCUT2D eigenvalue weighted by atomic mass is 9.67. The Bertz CT molecular complexity index is 2010. The average molecular weight is 509 g/mol. The number of aryl methyl sites for hydroxylation is 1. The highest BCUT2D eigenvalue weighted by Crippen LogP contribution is 2.57. The number of benzene rings is 7. The largest absolute Gasteiger partial charge is 0.0713 e. The zero-order chi connectivity index (χ0) is 26.7. The maximum atomic E-state index is 2.48. The second-order valence-corrected chi connectivity index (χ2v) is 10.9. The Hall–Kier alpha value is -4.94. The van der Waals surface area contributed by atoms with Crippen LogP contribution in [0.1, 0.15) is 27.8 Å². The van der Waals surface area contributed by atoms with Crippen LogP contribution >= 0.6 is 0 Å². The van der Waals surface area contributed by atoms with Crippen molar-refractivity contribution in [3.63, 3.8) is 0 Å². The highest BCUT2D eigenvalue weighted by atomic mass is 14.5. The van der Waals surface area contributed by atoms with Gasteiger partial charge in [0.2, 0.25) is 0 Å². The molecule has 0 N–H and O–H groups in total. The van der Waals surface area contributed by atoms with E-state index in [-0.39, 0.29) is 0 Å². The summed E-state index contributed by atoms with van der Waals surface area (Å²) < 4.78 is 0. The molecule has 188 valence electrons. The zero-order valence-corrected chi connectivity index (χ0v) is 22.4. The third-order valence-electron chi connectivity index (χ3n) is 8.94. The maximum Gasteiger partial charge on any atom is 0.0713 e. The molecule has 0 saturated heterocycles. The maximum absolute atomic E-state index is 2.48. The van der Waals surface area contributed by atoms with Crippen molar-refractivity contribution >= 4 is 21.5 Å². The first-order chi connectivity index (χ1) is 19.8. The van der Waals surface area contributed by atoms with Crippen LogP contribution in [0.4, 0.5) is 0 Å². The van der Waals surface area contributed by atoms with Crippen LogP contribution in [0.25, 0.3) is 43.8 Å². The van der Waals surface area contributed by atoms with E-state index in [9.17, 15) is 0 Å². The van der Waals surface area contributed by atoms with Crippen LogP contribution in [0.5, 0.6) is 0 Å². The van der Waals surface area contributed by atoms with Crippen LogP contribution in [0.2, 0.25) is 0 Å². The Balaban J connectivity index is 1.51. The van der Waals surface area contributed by atoms with Gasteiger partial charge in [0.25, 0.3) is 0 Å². The molecular formula is C40H28. The van der Waals surface area contributed by atoms with Gasteiger partial charge in [0.05, 0.1) is 5.41 Å². The van der Waals surface area contributed by atoms with Crippen molar-refractivity contribution in [2.24, 2.45) is 0 Å². The third-order valence-corrected chi connectivity index (χ3v) is 8.94. The highest BCUT2D eigenvalue weighted by Gasteiger charge is 2.46. The van der Waals surface area contributed by atoms with Gasteiger partial charge in [-0.25, -0.2) is 0 Å². The minimum Gasteiger partial charge on any atom is -0.0622 e. The van der Waals surface area contributed by atoms with Gasteiger partial charge in [-0.05, 0) is 84.6 Å². The first-order valence-corrected chi connectivity index (χ1v) is 14.0. The molecule has 7 aromatic carbocycles. The van der Waals surface area contributed by atoms with Gasteiger partial charge in [-0.3, -0.25) is 0 Å². The molecule has 0 spiro atoms. The molecule has 0 nitrogen and oxygen atoms in total. The Morgan fingerprint density at radius 1 is 0.400 bits per heavy atom. The van der Waals surface area contributed by atoms with Crippen molar-refractivity contribution in [3.8, 4) is 22.3 Å². The van der Waals surface area contributed by atoms with Crippen LogP contribution in [-0.4, -0.2) is 0 Å². The van der Waals surface area contributed by atoms with Crippen molar-refractivity contribution in [2.45, 2.75) is 12.3 Å². The molecule has 0 bridgehead atoms. The Kier molecular flexibility index (Phi) is 5.06. The van der Waals surface area contributed by atoms with Crippen LogP contribution < -0.4 is 0 Å². The summed E-state index contributed by atoms with van der Waals surface area (Å²) in [5.74, 6) is 0. The molecule has 0 heterocycles. The molecule has 1 aliphatic carbocycles. The lowest BCUT2D eigenvalue weighted by Gasteiger charge is -2.34. The fourth-order valence-electron chi connectivity index (χ4n) is 7.29. The lowest BCUT2D eigenvalue weighted by Crippen LogP contribution is -2.28. The Labute approximate surface area is 235 Å².